The zero-order chi connectivity index (χ0) is 24.0. The number of piperazine rings is 1. The molecule has 2 aromatic carbocycles. The molecule has 34 heavy (non-hydrogen) atoms. The lowest BCUT2D eigenvalue weighted by Crippen LogP contribution is -2.46. The first kappa shape index (κ1) is 24.3. The van der Waals surface area contributed by atoms with Crippen molar-refractivity contribution in [2.45, 2.75) is 36.0 Å². The Balaban J connectivity index is 1.39. The number of hydrogen-bond donors (Lipinski definition) is 1. The Bertz CT molecular complexity index is 1150. The molecule has 184 valence electrons. The van der Waals surface area contributed by atoms with Crippen molar-refractivity contribution in [3.63, 3.8) is 0 Å². The fourth-order valence-electron chi connectivity index (χ4n) is 5.16. The molecule has 2 heterocycles. The van der Waals surface area contributed by atoms with Gasteiger partial charge in [-0.15, -0.1) is 0 Å². The Kier molecular flexibility index (Phi) is 6.85. The van der Waals surface area contributed by atoms with Crippen molar-refractivity contribution in [1.82, 2.24) is 14.1 Å². The lowest BCUT2D eigenvalue weighted by atomic mass is 10.1. The summed E-state index contributed by atoms with van der Waals surface area (Å²) in [7, 11) is -1.55. The molecule has 7 nitrogen and oxygen atoms in total. The maximum atomic E-state index is 13.1. The monoisotopic (exact) mass is 525 g/mol. The summed E-state index contributed by atoms with van der Waals surface area (Å²) in [5.74, 6) is 0.580. The number of ether oxygens (including phenoxy) is 1. The van der Waals surface area contributed by atoms with Crippen LogP contribution in [0.25, 0.3) is 0 Å². The predicted octanol–water partition coefficient (Wildman–Crippen LogP) is 3.04. The Hall–Kier alpha value is -1.39. The summed E-state index contributed by atoms with van der Waals surface area (Å²) in [5.41, 5.74) is 1.95. The molecule has 1 N–H and O–H groups in total. The molecule has 0 spiro atoms. The first-order valence-corrected chi connectivity index (χ1v) is 13.8. The van der Waals surface area contributed by atoms with Crippen molar-refractivity contribution in [2.75, 3.05) is 46.3 Å². The lowest BCUT2D eigenvalue weighted by molar-refractivity contribution is 0.0818. The fourth-order valence-corrected chi connectivity index (χ4v) is 7.17. The van der Waals surface area contributed by atoms with Crippen molar-refractivity contribution in [3.8, 4) is 5.75 Å². The number of hydrogen-bond acceptors (Lipinski definition) is 6. The number of halogens is 2. The third kappa shape index (κ3) is 4.69. The van der Waals surface area contributed by atoms with E-state index < -0.39 is 10.0 Å². The van der Waals surface area contributed by atoms with Crippen LogP contribution in [0, 0.1) is 0 Å². The number of aliphatic hydroxyl groups excluding tert-OH is 1. The van der Waals surface area contributed by atoms with Gasteiger partial charge in [0.25, 0.3) is 0 Å². The van der Waals surface area contributed by atoms with E-state index in [1.807, 2.05) is 13.1 Å². The van der Waals surface area contributed by atoms with Crippen molar-refractivity contribution >= 4 is 33.2 Å². The number of likely N-dealkylation sites (tertiary alicyclic amines) is 1. The number of rotatable bonds is 5. The highest BCUT2D eigenvalue weighted by Gasteiger charge is 2.41. The molecule has 1 unspecified atom stereocenters. The van der Waals surface area contributed by atoms with Crippen molar-refractivity contribution in [1.29, 1.82) is 0 Å². The van der Waals surface area contributed by atoms with E-state index in [2.05, 4.69) is 9.80 Å². The molecule has 3 aliphatic rings. The van der Waals surface area contributed by atoms with Gasteiger partial charge in [-0.25, -0.2) is 8.42 Å². The molecule has 0 aromatic heterocycles. The standard InChI is InChI=1S/C24H29Cl2N3O4S/c1-27-8-10-29(11-9-27)34(31,32)19-4-2-18(3-5-19)33-24-21-12-16(25)13-22(26)20(21)14-23(24)28-7-6-17(30)15-28/h2-5,12-13,17,23-24,30H,6-11,14-15H2,1H3/t17?,23-,24-/m0/s1. The van der Waals surface area contributed by atoms with Gasteiger partial charge in [0, 0.05) is 54.9 Å². The number of aliphatic hydroxyl groups is 1. The van der Waals surface area contributed by atoms with E-state index in [0.717, 1.165) is 37.2 Å². The Morgan fingerprint density at radius 2 is 1.74 bits per heavy atom. The molecule has 0 radical (unpaired) electrons. The average molecular weight is 526 g/mol. The van der Waals surface area contributed by atoms with Gasteiger partial charge in [-0.1, -0.05) is 23.2 Å². The topological polar surface area (TPSA) is 73.3 Å². The maximum absolute atomic E-state index is 13.1. The van der Waals surface area contributed by atoms with Crippen LogP contribution in [0.4, 0.5) is 0 Å². The van der Waals surface area contributed by atoms with E-state index in [-0.39, 0.29) is 23.1 Å². The average Bonchev–Trinajstić information content (AvgIpc) is 3.38. The first-order chi connectivity index (χ1) is 16.2. The normalized spacial score (nSPS) is 26.6. The molecule has 1 aliphatic carbocycles. The molecule has 0 saturated carbocycles. The zero-order valence-corrected chi connectivity index (χ0v) is 21.4. The Morgan fingerprint density at radius 1 is 1.03 bits per heavy atom. The predicted molar refractivity (Wildman–Crippen MR) is 132 cm³/mol. The third-order valence-corrected chi connectivity index (χ3v) is 9.58. The number of benzene rings is 2. The van der Waals surface area contributed by atoms with Gasteiger partial charge in [-0.2, -0.15) is 4.31 Å². The summed E-state index contributed by atoms with van der Waals surface area (Å²) in [4.78, 5) is 4.63. The zero-order valence-electron chi connectivity index (χ0n) is 19.0. The molecule has 5 rings (SSSR count). The highest BCUT2D eigenvalue weighted by Crippen LogP contribution is 2.43. The number of nitrogens with zero attached hydrogens (tertiary/aromatic N) is 3. The van der Waals surface area contributed by atoms with E-state index in [4.69, 9.17) is 27.9 Å². The summed E-state index contributed by atoms with van der Waals surface area (Å²) in [6.07, 6.45) is 0.768. The van der Waals surface area contributed by atoms with Crippen LogP contribution in [0.3, 0.4) is 0 Å². The van der Waals surface area contributed by atoms with E-state index in [1.54, 1.807) is 30.3 Å². The second-order valence-electron chi connectivity index (χ2n) is 9.38. The second-order valence-corrected chi connectivity index (χ2v) is 12.2. The molecule has 2 fully saturated rings. The largest absolute Gasteiger partial charge is 0.484 e. The van der Waals surface area contributed by atoms with Gasteiger partial charge in [-0.05, 0) is 61.9 Å². The van der Waals surface area contributed by atoms with Crippen LogP contribution in [0.1, 0.15) is 23.7 Å². The smallest absolute Gasteiger partial charge is 0.243 e. The first-order valence-electron chi connectivity index (χ1n) is 11.6. The highest BCUT2D eigenvalue weighted by atomic mass is 35.5. The van der Waals surface area contributed by atoms with Gasteiger partial charge in [0.2, 0.25) is 10.0 Å². The summed E-state index contributed by atoms with van der Waals surface area (Å²) in [6.45, 7) is 3.79. The number of likely N-dealkylation sites (N-methyl/N-ethyl adjacent to an activating group) is 1. The van der Waals surface area contributed by atoms with Gasteiger partial charge in [-0.3, -0.25) is 4.90 Å². The lowest BCUT2D eigenvalue weighted by Gasteiger charge is -2.31. The van der Waals surface area contributed by atoms with Crippen molar-refractivity contribution in [2.24, 2.45) is 0 Å². The molecular formula is C24H29Cl2N3O4S. The van der Waals surface area contributed by atoms with Crippen LogP contribution in [-0.4, -0.2) is 86.1 Å². The van der Waals surface area contributed by atoms with Gasteiger partial charge in [0.15, 0.2) is 0 Å². The van der Waals surface area contributed by atoms with Crippen LogP contribution in [0.2, 0.25) is 10.0 Å². The molecule has 0 amide bonds. The van der Waals surface area contributed by atoms with Crippen LogP contribution < -0.4 is 4.74 Å². The summed E-state index contributed by atoms with van der Waals surface area (Å²) in [6, 6.07) is 10.3. The summed E-state index contributed by atoms with van der Waals surface area (Å²) < 4.78 is 34.1. The van der Waals surface area contributed by atoms with Gasteiger partial charge in [0.1, 0.15) is 11.9 Å². The van der Waals surface area contributed by atoms with E-state index >= 15 is 0 Å². The van der Waals surface area contributed by atoms with Crippen LogP contribution in [-0.2, 0) is 16.4 Å². The Morgan fingerprint density at radius 3 is 2.38 bits per heavy atom. The number of fused-ring (bicyclic) bond motifs is 1. The van der Waals surface area contributed by atoms with E-state index in [9.17, 15) is 13.5 Å². The summed E-state index contributed by atoms with van der Waals surface area (Å²) >= 11 is 12.8. The molecule has 2 aliphatic heterocycles. The van der Waals surface area contributed by atoms with Crippen LogP contribution in [0.15, 0.2) is 41.3 Å². The van der Waals surface area contributed by atoms with E-state index in [0.29, 0.717) is 41.8 Å². The molecule has 10 heteroatoms. The minimum Gasteiger partial charge on any atom is -0.484 e. The molecule has 2 aromatic rings. The molecule has 0 bridgehead atoms. The minimum absolute atomic E-state index is 0.0110. The minimum atomic E-state index is -3.54. The highest BCUT2D eigenvalue weighted by molar-refractivity contribution is 7.89. The van der Waals surface area contributed by atoms with Crippen molar-refractivity contribution in [3.05, 3.63) is 57.6 Å². The van der Waals surface area contributed by atoms with E-state index in [1.165, 1.54) is 4.31 Å². The van der Waals surface area contributed by atoms with Gasteiger partial charge in [0.05, 0.1) is 17.0 Å². The molecular weight excluding hydrogens is 497 g/mol. The fraction of sp³-hybridized carbons (Fsp3) is 0.500. The molecule has 2 saturated heterocycles. The number of β-amino-alcohol motifs (C(OH)–C–C–N with tert-alkyl or cyclic N) is 1. The Labute approximate surface area is 210 Å². The van der Waals surface area contributed by atoms with Crippen molar-refractivity contribution < 1.29 is 18.3 Å². The second kappa shape index (κ2) is 9.58. The summed E-state index contributed by atoms with van der Waals surface area (Å²) in [5, 5.41) is 11.3. The quantitative estimate of drug-likeness (QED) is 0.646. The van der Waals surface area contributed by atoms with Crippen LogP contribution in [0.5, 0.6) is 5.75 Å². The van der Waals surface area contributed by atoms with Gasteiger partial charge < -0.3 is 14.7 Å². The number of sulfonamides is 1. The SMILES string of the molecule is CN1CCN(S(=O)(=O)c2ccc(O[C@H]3c4cc(Cl)cc(Cl)c4C[C@@H]3N3CCC(O)C3)cc2)CC1. The maximum Gasteiger partial charge on any atom is 0.243 e. The van der Waals surface area contributed by atoms with Gasteiger partial charge >= 0.3 is 0 Å². The molecule has 3 atom stereocenters. The van der Waals surface area contributed by atoms with Crippen LogP contribution >= 0.6 is 23.2 Å². The third-order valence-electron chi connectivity index (χ3n) is 7.11.